The van der Waals surface area contributed by atoms with Crippen molar-refractivity contribution in [1.29, 1.82) is 0 Å². The summed E-state index contributed by atoms with van der Waals surface area (Å²) >= 11 is 0. The lowest BCUT2D eigenvalue weighted by molar-refractivity contribution is -0.192. The van der Waals surface area contributed by atoms with Crippen molar-refractivity contribution in [1.82, 2.24) is 14.7 Å². The lowest BCUT2D eigenvalue weighted by atomic mass is 9.82. The molecule has 28 heavy (non-hydrogen) atoms. The number of piperidine rings is 1. The monoisotopic (exact) mass is 409 g/mol. The molecule has 0 aromatic heterocycles. The smallest absolute Gasteiger partial charge is 0.475 e. The highest BCUT2D eigenvalue weighted by atomic mass is 19.4. The van der Waals surface area contributed by atoms with E-state index in [9.17, 15) is 22.8 Å². The number of hydrogen-bond donors (Lipinski definition) is 1. The van der Waals surface area contributed by atoms with Gasteiger partial charge < -0.3 is 19.6 Å². The van der Waals surface area contributed by atoms with Crippen LogP contribution in [0.1, 0.15) is 12.8 Å². The number of likely N-dealkylation sites (tertiary alicyclic amines) is 1. The van der Waals surface area contributed by atoms with Crippen molar-refractivity contribution in [2.75, 3.05) is 53.5 Å². The molecule has 0 aliphatic carbocycles. The fourth-order valence-corrected chi connectivity index (χ4v) is 3.31. The summed E-state index contributed by atoms with van der Waals surface area (Å²) in [7, 11) is 3.53. The summed E-state index contributed by atoms with van der Waals surface area (Å²) in [5.41, 5.74) is -0.453. The van der Waals surface area contributed by atoms with Crippen LogP contribution in [0.5, 0.6) is 0 Å². The number of amides is 2. The first-order valence-corrected chi connectivity index (χ1v) is 8.68. The summed E-state index contributed by atoms with van der Waals surface area (Å²) in [6.45, 7) is 7.27. The Morgan fingerprint density at radius 1 is 1.25 bits per heavy atom. The number of carboxylic acid groups (broad SMARTS) is 1. The van der Waals surface area contributed by atoms with Gasteiger partial charge in [-0.3, -0.25) is 14.5 Å². The van der Waals surface area contributed by atoms with Crippen molar-refractivity contribution in [3.8, 4) is 0 Å². The second-order valence-electron chi connectivity index (χ2n) is 6.61. The SMILES string of the molecule is C=CCN1CCN(C)C2(CCN(C(=O)COC)CC2)C1=O.O=C(O)C(F)(F)F. The van der Waals surface area contributed by atoms with Crippen LogP contribution in [0.3, 0.4) is 0 Å². The topological polar surface area (TPSA) is 90.4 Å². The predicted octanol–water partition coefficient (Wildman–Crippen LogP) is 0.587. The Labute approximate surface area is 161 Å². The number of piperazine rings is 1. The maximum Gasteiger partial charge on any atom is 0.490 e. The van der Waals surface area contributed by atoms with Gasteiger partial charge in [0.2, 0.25) is 11.8 Å². The Kier molecular flexibility index (Phi) is 8.43. The molecule has 2 heterocycles. The van der Waals surface area contributed by atoms with Crippen LogP contribution in [-0.4, -0.2) is 103 Å². The number of rotatable bonds is 4. The molecule has 2 fully saturated rings. The lowest BCUT2D eigenvalue weighted by Crippen LogP contribution is -2.68. The zero-order valence-corrected chi connectivity index (χ0v) is 16.0. The number of carboxylic acids is 1. The Bertz CT molecular complexity index is 589. The van der Waals surface area contributed by atoms with E-state index in [1.807, 2.05) is 11.9 Å². The highest BCUT2D eigenvalue weighted by Crippen LogP contribution is 2.32. The zero-order valence-electron chi connectivity index (χ0n) is 16.0. The molecule has 2 saturated heterocycles. The van der Waals surface area contributed by atoms with Gasteiger partial charge in [-0.15, -0.1) is 6.58 Å². The normalized spacial score (nSPS) is 19.8. The largest absolute Gasteiger partial charge is 0.490 e. The highest BCUT2D eigenvalue weighted by molar-refractivity contribution is 5.88. The van der Waals surface area contributed by atoms with E-state index in [1.165, 1.54) is 7.11 Å². The van der Waals surface area contributed by atoms with Crippen molar-refractivity contribution in [2.45, 2.75) is 24.6 Å². The number of hydrogen-bond acceptors (Lipinski definition) is 5. The summed E-state index contributed by atoms with van der Waals surface area (Å²) in [6.07, 6.45) is -1.94. The molecule has 0 aromatic carbocycles. The number of methoxy groups -OCH3 is 1. The van der Waals surface area contributed by atoms with Crippen LogP contribution < -0.4 is 0 Å². The molecule has 1 N–H and O–H groups in total. The third-order valence-corrected chi connectivity index (χ3v) is 4.92. The van der Waals surface area contributed by atoms with E-state index in [0.29, 0.717) is 32.5 Å². The third kappa shape index (κ3) is 5.68. The maximum atomic E-state index is 12.8. The molecule has 2 rings (SSSR count). The number of aliphatic carboxylic acids is 1. The van der Waals surface area contributed by atoms with Gasteiger partial charge in [-0.2, -0.15) is 13.2 Å². The average Bonchev–Trinajstić information content (AvgIpc) is 2.63. The Balaban J connectivity index is 0.000000480. The van der Waals surface area contributed by atoms with Crippen LogP contribution in [-0.2, 0) is 19.1 Å². The van der Waals surface area contributed by atoms with Crippen molar-refractivity contribution in [2.24, 2.45) is 0 Å². The summed E-state index contributed by atoms with van der Waals surface area (Å²) in [5, 5.41) is 7.12. The third-order valence-electron chi connectivity index (χ3n) is 4.92. The molecule has 0 aromatic rings. The van der Waals surface area contributed by atoms with Gasteiger partial charge in [-0.1, -0.05) is 6.08 Å². The van der Waals surface area contributed by atoms with E-state index in [1.54, 1.807) is 11.0 Å². The second kappa shape index (κ2) is 9.87. The molecule has 0 bridgehead atoms. The highest BCUT2D eigenvalue weighted by Gasteiger charge is 2.49. The first-order valence-electron chi connectivity index (χ1n) is 8.68. The molecule has 1 spiro atoms. The standard InChI is InChI=1S/C15H25N3O3.C2HF3O2/c1-4-7-18-11-10-16(2)15(14(18)20)5-8-17(9-6-15)13(19)12-21-3;3-2(4,5)1(6)7/h4H,1,5-12H2,2-3H3;(H,6,7). The number of likely N-dealkylation sites (N-methyl/N-ethyl adjacent to an activating group) is 1. The molecule has 2 aliphatic rings. The first-order chi connectivity index (χ1) is 13.0. The lowest BCUT2D eigenvalue weighted by Gasteiger charge is -2.51. The maximum absolute atomic E-state index is 12.8. The van der Waals surface area contributed by atoms with E-state index < -0.39 is 17.7 Å². The molecule has 2 amide bonds. The average molecular weight is 409 g/mol. The van der Waals surface area contributed by atoms with E-state index in [-0.39, 0.29) is 18.4 Å². The Morgan fingerprint density at radius 2 is 1.79 bits per heavy atom. The van der Waals surface area contributed by atoms with Gasteiger partial charge in [-0.25, -0.2) is 4.79 Å². The zero-order chi connectivity index (χ0) is 21.5. The minimum absolute atomic E-state index is 0.00112. The molecule has 0 saturated carbocycles. The summed E-state index contributed by atoms with van der Waals surface area (Å²) in [5.74, 6) is -2.58. The Morgan fingerprint density at radius 3 is 2.21 bits per heavy atom. The van der Waals surface area contributed by atoms with Crippen molar-refractivity contribution in [3.63, 3.8) is 0 Å². The van der Waals surface area contributed by atoms with Crippen LogP contribution in [0.15, 0.2) is 12.7 Å². The number of alkyl halides is 3. The fraction of sp³-hybridized carbons (Fsp3) is 0.706. The number of ether oxygens (including phenoxy) is 1. The van der Waals surface area contributed by atoms with Crippen LogP contribution in [0.25, 0.3) is 0 Å². The fourth-order valence-electron chi connectivity index (χ4n) is 3.31. The van der Waals surface area contributed by atoms with Crippen molar-refractivity contribution >= 4 is 17.8 Å². The van der Waals surface area contributed by atoms with Crippen LogP contribution in [0.4, 0.5) is 13.2 Å². The first kappa shape index (κ1) is 23.9. The molecular weight excluding hydrogens is 383 g/mol. The number of halogens is 3. The molecule has 160 valence electrons. The van der Waals surface area contributed by atoms with E-state index in [0.717, 1.165) is 13.1 Å². The van der Waals surface area contributed by atoms with E-state index in [4.69, 9.17) is 14.6 Å². The van der Waals surface area contributed by atoms with Gasteiger partial charge in [0.05, 0.1) is 0 Å². The van der Waals surface area contributed by atoms with Gasteiger partial charge in [0.15, 0.2) is 0 Å². The minimum Gasteiger partial charge on any atom is -0.475 e. The summed E-state index contributed by atoms with van der Waals surface area (Å²) in [6, 6.07) is 0. The molecule has 0 atom stereocenters. The van der Waals surface area contributed by atoms with E-state index in [2.05, 4.69) is 11.5 Å². The van der Waals surface area contributed by atoms with Crippen molar-refractivity contribution < 1.29 is 37.4 Å². The quantitative estimate of drug-likeness (QED) is 0.684. The summed E-state index contributed by atoms with van der Waals surface area (Å²) in [4.78, 5) is 39.4. The molecule has 11 heteroatoms. The van der Waals surface area contributed by atoms with E-state index >= 15 is 0 Å². The number of carbonyl (C=O) groups is 3. The van der Waals surface area contributed by atoms with Gasteiger partial charge >= 0.3 is 12.1 Å². The minimum atomic E-state index is -5.08. The molecule has 0 unspecified atom stereocenters. The van der Waals surface area contributed by atoms with Gasteiger partial charge in [0, 0.05) is 39.8 Å². The summed E-state index contributed by atoms with van der Waals surface area (Å²) < 4.78 is 36.6. The predicted molar refractivity (Wildman–Crippen MR) is 93.5 cm³/mol. The van der Waals surface area contributed by atoms with Crippen LogP contribution >= 0.6 is 0 Å². The molecule has 2 aliphatic heterocycles. The number of nitrogens with zero attached hydrogens (tertiary/aromatic N) is 3. The molecule has 0 radical (unpaired) electrons. The van der Waals surface area contributed by atoms with Crippen LogP contribution in [0, 0.1) is 0 Å². The molecule has 8 nitrogen and oxygen atoms in total. The van der Waals surface area contributed by atoms with Crippen LogP contribution in [0.2, 0.25) is 0 Å². The van der Waals surface area contributed by atoms with Gasteiger partial charge in [0.25, 0.3) is 0 Å². The van der Waals surface area contributed by atoms with Crippen molar-refractivity contribution in [3.05, 3.63) is 12.7 Å². The van der Waals surface area contributed by atoms with Gasteiger partial charge in [0.1, 0.15) is 12.1 Å². The second-order valence-corrected chi connectivity index (χ2v) is 6.61. The molecular formula is C17H26F3N3O5. The Hall–Kier alpha value is -2.14. The number of carbonyl (C=O) groups excluding carboxylic acids is 2. The van der Waals surface area contributed by atoms with Gasteiger partial charge in [-0.05, 0) is 19.9 Å².